The summed E-state index contributed by atoms with van der Waals surface area (Å²) in [7, 11) is 1.54. The van der Waals surface area contributed by atoms with E-state index in [1.54, 1.807) is 48.5 Å². The Morgan fingerprint density at radius 1 is 1.00 bits per heavy atom. The van der Waals surface area contributed by atoms with E-state index in [1.807, 2.05) is 0 Å². The Balaban J connectivity index is 1.66. The molecule has 8 heteroatoms. The third-order valence-corrected chi connectivity index (χ3v) is 4.65. The monoisotopic (exact) mass is 472 g/mol. The molecule has 0 saturated carbocycles. The number of anilines is 2. The van der Waals surface area contributed by atoms with E-state index in [0.29, 0.717) is 27.3 Å². The Labute approximate surface area is 181 Å². The minimum absolute atomic E-state index is 0.289. The van der Waals surface area contributed by atoms with Crippen LogP contribution in [-0.4, -0.2) is 25.5 Å². The highest BCUT2D eigenvalue weighted by atomic mass is 79.9. The van der Waals surface area contributed by atoms with Gasteiger partial charge in [0.15, 0.2) is 6.61 Å². The summed E-state index contributed by atoms with van der Waals surface area (Å²) < 4.78 is 24.1. The van der Waals surface area contributed by atoms with Gasteiger partial charge in [-0.2, -0.15) is 0 Å². The van der Waals surface area contributed by atoms with Gasteiger partial charge < -0.3 is 20.1 Å². The number of hydrogen-bond donors (Lipinski definition) is 2. The third kappa shape index (κ3) is 5.57. The van der Waals surface area contributed by atoms with Crippen molar-refractivity contribution in [2.24, 2.45) is 0 Å². The van der Waals surface area contributed by atoms with Crippen molar-refractivity contribution in [1.29, 1.82) is 0 Å². The van der Waals surface area contributed by atoms with Crippen molar-refractivity contribution in [3.8, 4) is 11.5 Å². The first kappa shape index (κ1) is 21.3. The van der Waals surface area contributed by atoms with E-state index in [2.05, 4.69) is 26.6 Å². The minimum Gasteiger partial charge on any atom is -0.497 e. The van der Waals surface area contributed by atoms with Crippen molar-refractivity contribution >= 4 is 39.1 Å². The van der Waals surface area contributed by atoms with Gasteiger partial charge in [0.05, 0.1) is 22.8 Å². The quantitative estimate of drug-likeness (QED) is 0.514. The molecule has 0 atom stereocenters. The van der Waals surface area contributed by atoms with Crippen LogP contribution in [0.15, 0.2) is 71.2 Å². The Morgan fingerprint density at radius 3 is 2.57 bits per heavy atom. The van der Waals surface area contributed by atoms with Crippen LogP contribution in [-0.2, 0) is 4.79 Å². The molecule has 30 heavy (non-hydrogen) atoms. The molecule has 3 aromatic rings. The normalized spacial score (nSPS) is 10.2. The van der Waals surface area contributed by atoms with Gasteiger partial charge in [-0.25, -0.2) is 4.39 Å². The Hall–Kier alpha value is -3.39. The van der Waals surface area contributed by atoms with E-state index >= 15 is 0 Å². The van der Waals surface area contributed by atoms with Crippen LogP contribution >= 0.6 is 15.9 Å². The highest BCUT2D eigenvalue weighted by Crippen LogP contribution is 2.25. The molecule has 2 N–H and O–H groups in total. The number of hydrogen-bond acceptors (Lipinski definition) is 4. The number of nitrogens with one attached hydrogen (secondary N) is 2. The second-order valence-electron chi connectivity index (χ2n) is 6.14. The number of amides is 2. The van der Waals surface area contributed by atoms with Crippen LogP contribution in [0, 0.1) is 5.82 Å². The summed E-state index contributed by atoms with van der Waals surface area (Å²) in [6.07, 6.45) is 0. The zero-order valence-corrected chi connectivity index (χ0v) is 17.5. The molecule has 154 valence electrons. The first-order valence-corrected chi connectivity index (χ1v) is 9.67. The molecule has 0 spiro atoms. The first-order valence-electron chi connectivity index (χ1n) is 8.88. The molecule has 0 aromatic heterocycles. The first-order chi connectivity index (χ1) is 14.5. The summed E-state index contributed by atoms with van der Waals surface area (Å²) in [4.78, 5) is 25.0. The number of para-hydroxylation sites is 1. The smallest absolute Gasteiger partial charge is 0.262 e. The summed E-state index contributed by atoms with van der Waals surface area (Å²) in [5, 5.41) is 5.44. The van der Waals surface area contributed by atoms with Gasteiger partial charge in [0, 0.05) is 11.8 Å². The van der Waals surface area contributed by atoms with Crippen LogP contribution in [0.25, 0.3) is 0 Å². The lowest BCUT2D eigenvalue weighted by atomic mass is 10.1. The molecule has 0 bridgehead atoms. The molecule has 0 fully saturated rings. The third-order valence-electron chi connectivity index (χ3n) is 4.03. The van der Waals surface area contributed by atoms with E-state index in [9.17, 15) is 14.0 Å². The molecule has 2 amide bonds. The van der Waals surface area contributed by atoms with Crippen LogP contribution in [0.3, 0.4) is 0 Å². The van der Waals surface area contributed by atoms with E-state index < -0.39 is 11.7 Å². The van der Waals surface area contributed by atoms with E-state index in [0.717, 1.165) is 0 Å². The van der Waals surface area contributed by atoms with Crippen molar-refractivity contribution in [3.05, 3.63) is 82.6 Å². The lowest BCUT2D eigenvalue weighted by Crippen LogP contribution is -2.23. The molecule has 0 aliphatic heterocycles. The molecule has 0 radical (unpaired) electrons. The van der Waals surface area contributed by atoms with Gasteiger partial charge in [-0.3, -0.25) is 9.59 Å². The van der Waals surface area contributed by atoms with Gasteiger partial charge in [0.2, 0.25) is 0 Å². The fourth-order valence-electron chi connectivity index (χ4n) is 2.61. The van der Waals surface area contributed by atoms with Crippen molar-refractivity contribution in [2.75, 3.05) is 24.4 Å². The maximum atomic E-state index is 13.1. The highest BCUT2D eigenvalue weighted by molar-refractivity contribution is 9.10. The fraction of sp³-hybridized carbons (Fsp3) is 0.0909. The Bertz CT molecular complexity index is 1070. The lowest BCUT2D eigenvalue weighted by Gasteiger charge is -2.13. The molecular formula is C22H18BrFN2O4. The largest absolute Gasteiger partial charge is 0.497 e. The van der Waals surface area contributed by atoms with Gasteiger partial charge in [0.1, 0.15) is 17.3 Å². The number of carbonyl (C=O) groups is 2. The minimum atomic E-state index is -0.465. The highest BCUT2D eigenvalue weighted by Gasteiger charge is 2.14. The SMILES string of the molecule is COc1cccc(NC(=O)c2ccccc2NC(=O)COc2ccc(F)cc2Br)c1. The summed E-state index contributed by atoms with van der Waals surface area (Å²) >= 11 is 3.18. The van der Waals surface area contributed by atoms with Gasteiger partial charge in [-0.05, 0) is 58.4 Å². The zero-order chi connectivity index (χ0) is 21.5. The van der Waals surface area contributed by atoms with Gasteiger partial charge in [0.25, 0.3) is 11.8 Å². The molecular weight excluding hydrogens is 455 g/mol. The molecule has 3 aromatic carbocycles. The van der Waals surface area contributed by atoms with Crippen molar-refractivity contribution in [2.45, 2.75) is 0 Å². The zero-order valence-electron chi connectivity index (χ0n) is 15.9. The van der Waals surface area contributed by atoms with Crippen molar-refractivity contribution < 1.29 is 23.5 Å². The molecule has 0 saturated heterocycles. The predicted octanol–water partition coefficient (Wildman–Crippen LogP) is 4.87. The molecule has 0 aliphatic carbocycles. The average molecular weight is 473 g/mol. The number of benzene rings is 3. The van der Waals surface area contributed by atoms with Crippen LogP contribution in [0.5, 0.6) is 11.5 Å². The fourth-order valence-corrected chi connectivity index (χ4v) is 3.08. The number of ether oxygens (including phenoxy) is 2. The Morgan fingerprint density at radius 2 is 1.80 bits per heavy atom. The maximum absolute atomic E-state index is 13.1. The maximum Gasteiger partial charge on any atom is 0.262 e. The van der Waals surface area contributed by atoms with Crippen molar-refractivity contribution in [1.82, 2.24) is 0 Å². The second kappa shape index (κ2) is 9.89. The second-order valence-corrected chi connectivity index (χ2v) is 7.00. The molecule has 0 aliphatic rings. The Kier molecular flexibility index (Phi) is 7.03. The van der Waals surface area contributed by atoms with Gasteiger partial charge >= 0.3 is 0 Å². The van der Waals surface area contributed by atoms with Crippen LogP contribution in [0.2, 0.25) is 0 Å². The standard InChI is InChI=1S/C22H18BrFN2O4/c1-29-16-6-4-5-15(12-16)25-22(28)17-7-2-3-8-19(17)26-21(27)13-30-20-10-9-14(24)11-18(20)23/h2-12H,13H2,1H3,(H,25,28)(H,26,27). The van der Waals surface area contributed by atoms with Crippen LogP contribution < -0.4 is 20.1 Å². The number of halogens is 2. The van der Waals surface area contributed by atoms with Crippen LogP contribution in [0.4, 0.5) is 15.8 Å². The number of rotatable bonds is 7. The van der Waals surface area contributed by atoms with E-state index in [-0.39, 0.29) is 18.1 Å². The predicted molar refractivity (Wildman–Crippen MR) is 116 cm³/mol. The molecule has 6 nitrogen and oxygen atoms in total. The van der Waals surface area contributed by atoms with Crippen molar-refractivity contribution in [3.63, 3.8) is 0 Å². The summed E-state index contributed by atoms with van der Waals surface area (Å²) in [6, 6.07) is 17.5. The van der Waals surface area contributed by atoms with E-state index in [1.165, 1.54) is 25.3 Å². The lowest BCUT2D eigenvalue weighted by molar-refractivity contribution is -0.118. The molecule has 3 rings (SSSR count). The van der Waals surface area contributed by atoms with Gasteiger partial charge in [-0.1, -0.05) is 18.2 Å². The number of methoxy groups -OCH3 is 1. The summed E-state index contributed by atoms with van der Waals surface area (Å²) in [6.45, 7) is -0.309. The average Bonchev–Trinajstić information content (AvgIpc) is 2.73. The molecule has 0 heterocycles. The topological polar surface area (TPSA) is 76.7 Å². The molecule has 0 unspecified atom stereocenters. The number of carbonyl (C=O) groups excluding carboxylic acids is 2. The summed E-state index contributed by atoms with van der Waals surface area (Å²) in [5.41, 5.74) is 1.19. The van der Waals surface area contributed by atoms with E-state index in [4.69, 9.17) is 9.47 Å². The van der Waals surface area contributed by atoms with Crippen LogP contribution in [0.1, 0.15) is 10.4 Å². The summed E-state index contributed by atoms with van der Waals surface area (Å²) in [5.74, 6) is -0.335. The van der Waals surface area contributed by atoms with Gasteiger partial charge in [-0.15, -0.1) is 0 Å².